The lowest BCUT2D eigenvalue weighted by Gasteiger charge is -2.04. The molecule has 4 aromatic rings. The van der Waals surface area contributed by atoms with Gasteiger partial charge in [-0.05, 0) is 17.7 Å². The van der Waals surface area contributed by atoms with Gasteiger partial charge in [0.15, 0.2) is 4.96 Å². The summed E-state index contributed by atoms with van der Waals surface area (Å²) in [7, 11) is 0. The van der Waals surface area contributed by atoms with Gasteiger partial charge in [-0.15, -0.1) is 11.3 Å². The van der Waals surface area contributed by atoms with Crippen molar-refractivity contribution in [1.29, 1.82) is 0 Å². The number of aromatic nitrogens is 2. The van der Waals surface area contributed by atoms with Crippen LogP contribution in [0.3, 0.4) is 0 Å². The minimum Gasteiger partial charge on any atom is -0.347 e. The SMILES string of the molecule is O=C(NCc1ccc(F)cc1)c1csc2nc(-c3ccccc3)cn12. The van der Waals surface area contributed by atoms with E-state index in [0.29, 0.717) is 12.2 Å². The van der Waals surface area contributed by atoms with Crippen LogP contribution in [0.2, 0.25) is 0 Å². The molecule has 0 aliphatic heterocycles. The summed E-state index contributed by atoms with van der Waals surface area (Å²) in [5, 5.41) is 4.65. The fourth-order valence-corrected chi connectivity index (χ4v) is 3.42. The molecule has 2 aromatic carbocycles. The van der Waals surface area contributed by atoms with Gasteiger partial charge in [0.1, 0.15) is 11.5 Å². The number of hydrogen-bond donors (Lipinski definition) is 1. The van der Waals surface area contributed by atoms with Crippen LogP contribution in [0.1, 0.15) is 16.1 Å². The Balaban J connectivity index is 1.55. The summed E-state index contributed by atoms with van der Waals surface area (Å²) in [4.78, 5) is 17.8. The van der Waals surface area contributed by atoms with E-state index in [1.807, 2.05) is 36.5 Å². The molecule has 2 heterocycles. The molecule has 1 amide bonds. The molecule has 4 nitrogen and oxygen atoms in total. The third-order valence-corrected chi connectivity index (χ3v) is 4.72. The number of nitrogens with one attached hydrogen (secondary N) is 1. The van der Waals surface area contributed by atoms with Gasteiger partial charge in [0.25, 0.3) is 5.91 Å². The van der Waals surface area contributed by atoms with E-state index in [1.54, 1.807) is 21.9 Å². The van der Waals surface area contributed by atoms with E-state index in [9.17, 15) is 9.18 Å². The predicted octanol–water partition coefficient (Wildman–Crippen LogP) is 4.13. The van der Waals surface area contributed by atoms with Crippen LogP contribution in [0.5, 0.6) is 0 Å². The average molecular weight is 351 g/mol. The number of imidazole rings is 1. The lowest BCUT2D eigenvalue weighted by Crippen LogP contribution is -2.23. The monoisotopic (exact) mass is 351 g/mol. The Morgan fingerprint density at radius 1 is 1.12 bits per heavy atom. The minimum atomic E-state index is -0.290. The Bertz CT molecular complexity index is 1020. The van der Waals surface area contributed by atoms with E-state index < -0.39 is 0 Å². The highest BCUT2D eigenvalue weighted by Crippen LogP contribution is 2.23. The first-order chi connectivity index (χ1) is 12.2. The van der Waals surface area contributed by atoms with Crippen molar-refractivity contribution in [1.82, 2.24) is 14.7 Å². The fraction of sp³-hybridized carbons (Fsp3) is 0.0526. The molecule has 4 rings (SSSR count). The van der Waals surface area contributed by atoms with E-state index in [1.165, 1.54) is 23.5 Å². The molecular formula is C19H14FN3OS. The molecule has 2 aromatic heterocycles. The van der Waals surface area contributed by atoms with Crippen molar-refractivity contribution in [2.24, 2.45) is 0 Å². The lowest BCUT2D eigenvalue weighted by molar-refractivity contribution is 0.0945. The first-order valence-corrected chi connectivity index (χ1v) is 8.63. The molecule has 0 saturated carbocycles. The average Bonchev–Trinajstić information content (AvgIpc) is 3.22. The Morgan fingerprint density at radius 3 is 2.64 bits per heavy atom. The largest absolute Gasteiger partial charge is 0.347 e. The van der Waals surface area contributed by atoms with Crippen LogP contribution < -0.4 is 5.32 Å². The maximum atomic E-state index is 12.9. The van der Waals surface area contributed by atoms with Gasteiger partial charge in [-0.3, -0.25) is 9.20 Å². The second-order valence-electron chi connectivity index (χ2n) is 5.57. The number of fused-ring (bicyclic) bond motifs is 1. The molecule has 0 fully saturated rings. The van der Waals surface area contributed by atoms with Crippen LogP contribution in [-0.4, -0.2) is 15.3 Å². The second-order valence-corrected chi connectivity index (χ2v) is 6.41. The van der Waals surface area contributed by atoms with Gasteiger partial charge >= 0.3 is 0 Å². The number of thiazole rings is 1. The molecule has 0 saturated heterocycles. The summed E-state index contributed by atoms with van der Waals surface area (Å²) in [5.74, 6) is -0.478. The zero-order valence-electron chi connectivity index (χ0n) is 13.1. The summed E-state index contributed by atoms with van der Waals surface area (Å²) < 4.78 is 14.7. The van der Waals surface area contributed by atoms with Gasteiger partial charge in [0.2, 0.25) is 0 Å². The smallest absolute Gasteiger partial charge is 0.269 e. The van der Waals surface area contributed by atoms with Crippen molar-refractivity contribution in [2.75, 3.05) is 0 Å². The summed E-state index contributed by atoms with van der Waals surface area (Å²) in [5.41, 5.74) is 3.23. The number of rotatable bonds is 4. The number of carbonyl (C=O) groups excluding carboxylic acids is 1. The fourth-order valence-electron chi connectivity index (χ4n) is 2.57. The van der Waals surface area contributed by atoms with Crippen molar-refractivity contribution < 1.29 is 9.18 Å². The van der Waals surface area contributed by atoms with Crippen molar-refractivity contribution in [2.45, 2.75) is 6.54 Å². The summed E-state index contributed by atoms with van der Waals surface area (Å²) in [6.07, 6.45) is 1.87. The minimum absolute atomic E-state index is 0.187. The third-order valence-electron chi connectivity index (χ3n) is 3.88. The zero-order valence-corrected chi connectivity index (χ0v) is 14.0. The van der Waals surface area contributed by atoms with E-state index in [2.05, 4.69) is 10.3 Å². The van der Waals surface area contributed by atoms with Crippen LogP contribution in [0.25, 0.3) is 16.2 Å². The lowest BCUT2D eigenvalue weighted by atomic mass is 10.2. The molecule has 124 valence electrons. The summed E-state index contributed by atoms with van der Waals surface area (Å²) in [6.45, 7) is 0.344. The Kier molecular flexibility index (Phi) is 4.03. The normalized spacial score (nSPS) is 10.9. The van der Waals surface area contributed by atoms with E-state index in [0.717, 1.165) is 21.8 Å². The number of hydrogen-bond acceptors (Lipinski definition) is 3. The van der Waals surface area contributed by atoms with E-state index >= 15 is 0 Å². The van der Waals surface area contributed by atoms with Gasteiger partial charge in [-0.1, -0.05) is 42.5 Å². The maximum absolute atomic E-state index is 12.9. The first-order valence-electron chi connectivity index (χ1n) is 7.75. The van der Waals surface area contributed by atoms with E-state index in [-0.39, 0.29) is 11.7 Å². The van der Waals surface area contributed by atoms with Crippen molar-refractivity contribution in [3.63, 3.8) is 0 Å². The van der Waals surface area contributed by atoms with Gasteiger partial charge in [0, 0.05) is 23.7 Å². The molecule has 25 heavy (non-hydrogen) atoms. The molecule has 0 unspecified atom stereocenters. The third kappa shape index (κ3) is 3.16. The number of halogens is 1. The van der Waals surface area contributed by atoms with Gasteiger partial charge in [-0.25, -0.2) is 9.37 Å². The molecule has 6 heteroatoms. The second kappa shape index (κ2) is 6.49. The van der Waals surface area contributed by atoms with Crippen LogP contribution in [0.15, 0.2) is 66.2 Å². The number of nitrogens with zero attached hydrogens (tertiary/aromatic N) is 2. The standard InChI is InChI=1S/C19H14FN3OS/c20-15-8-6-13(7-9-15)10-21-18(24)17-12-25-19-22-16(11-23(17)19)14-4-2-1-3-5-14/h1-9,11-12H,10H2,(H,21,24). The van der Waals surface area contributed by atoms with Crippen LogP contribution in [0.4, 0.5) is 4.39 Å². The van der Waals surface area contributed by atoms with Crippen LogP contribution >= 0.6 is 11.3 Å². The number of amides is 1. The van der Waals surface area contributed by atoms with Gasteiger partial charge in [0.05, 0.1) is 5.69 Å². The topological polar surface area (TPSA) is 46.4 Å². The first kappa shape index (κ1) is 15.5. The highest BCUT2D eigenvalue weighted by Gasteiger charge is 2.15. The highest BCUT2D eigenvalue weighted by molar-refractivity contribution is 7.15. The molecule has 0 aliphatic rings. The number of benzene rings is 2. The van der Waals surface area contributed by atoms with E-state index in [4.69, 9.17) is 0 Å². The molecule has 0 aliphatic carbocycles. The Hall–Kier alpha value is -2.99. The number of carbonyl (C=O) groups is 1. The van der Waals surface area contributed by atoms with Crippen molar-refractivity contribution in [3.8, 4) is 11.3 Å². The summed E-state index contributed by atoms with van der Waals surface area (Å²) in [6, 6.07) is 15.9. The maximum Gasteiger partial charge on any atom is 0.269 e. The quantitative estimate of drug-likeness (QED) is 0.601. The molecular weight excluding hydrogens is 337 g/mol. The molecule has 0 bridgehead atoms. The van der Waals surface area contributed by atoms with Crippen LogP contribution in [-0.2, 0) is 6.54 Å². The molecule has 0 atom stereocenters. The van der Waals surface area contributed by atoms with Crippen molar-refractivity contribution in [3.05, 3.63) is 83.2 Å². The highest BCUT2D eigenvalue weighted by atomic mass is 32.1. The molecule has 0 spiro atoms. The van der Waals surface area contributed by atoms with Crippen molar-refractivity contribution >= 4 is 22.2 Å². The summed E-state index contributed by atoms with van der Waals surface area (Å²) >= 11 is 1.42. The van der Waals surface area contributed by atoms with Gasteiger partial charge < -0.3 is 5.32 Å². The molecule has 0 radical (unpaired) electrons. The zero-order chi connectivity index (χ0) is 17.2. The Morgan fingerprint density at radius 2 is 1.88 bits per heavy atom. The van der Waals surface area contributed by atoms with Gasteiger partial charge in [-0.2, -0.15) is 0 Å². The molecule has 1 N–H and O–H groups in total. The predicted molar refractivity (Wildman–Crippen MR) is 96.1 cm³/mol. The van der Waals surface area contributed by atoms with Crippen LogP contribution in [0, 0.1) is 5.82 Å². The Labute approximate surface area is 147 Å².